The molecule has 1 aliphatic carbocycles. The summed E-state index contributed by atoms with van der Waals surface area (Å²) < 4.78 is 37.8. The number of benzene rings is 1. The lowest BCUT2D eigenvalue weighted by molar-refractivity contribution is -0.137. The van der Waals surface area contributed by atoms with Gasteiger partial charge >= 0.3 is 6.18 Å². The quantitative estimate of drug-likeness (QED) is 0.871. The van der Waals surface area contributed by atoms with Crippen molar-refractivity contribution < 1.29 is 22.8 Å². The lowest BCUT2D eigenvalue weighted by atomic mass is 9.87. The number of carbonyl (C=O) groups is 2. The third kappa shape index (κ3) is 4.06. The summed E-state index contributed by atoms with van der Waals surface area (Å²) in [4.78, 5) is 22.6. The predicted octanol–water partition coefficient (Wildman–Crippen LogP) is 3.19. The Morgan fingerprint density at radius 1 is 1.19 bits per heavy atom. The van der Waals surface area contributed by atoms with Crippen LogP contribution in [0.3, 0.4) is 0 Å². The highest BCUT2D eigenvalue weighted by Gasteiger charge is 2.31. The SMILES string of the molecule is O=CC1CCC(NC(=O)c2cccc(C(F)(F)F)c2)CC1. The highest BCUT2D eigenvalue weighted by molar-refractivity contribution is 5.94. The molecule has 0 bridgehead atoms. The van der Waals surface area contributed by atoms with Gasteiger partial charge < -0.3 is 10.1 Å². The fraction of sp³-hybridized carbons (Fsp3) is 0.467. The van der Waals surface area contributed by atoms with E-state index in [0.717, 1.165) is 18.4 Å². The van der Waals surface area contributed by atoms with Crippen molar-refractivity contribution in [1.29, 1.82) is 0 Å². The van der Waals surface area contributed by atoms with Gasteiger partial charge in [-0.25, -0.2) is 0 Å². The Labute approximate surface area is 120 Å². The van der Waals surface area contributed by atoms with Gasteiger partial charge in [0.05, 0.1) is 5.56 Å². The molecular formula is C15H16F3NO2. The van der Waals surface area contributed by atoms with Crippen LogP contribution in [0, 0.1) is 5.92 Å². The average Bonchev–Trinajstić information content (AvgIpc) is 2.47. The van der Waals surface area contributed by atoms with Gasteiger partial charge in [-0.15, -0.1) is 0 Å². The van der Waals surface area contributed by atoms with Crippen LogP contribution >= 0.6 is 0 Å². The Morgan fingerprint density at radius 3 is 2.43 bits per heavy atom. The highest BCUT2D eigenvalue weighted by atomic mass is 19.4. The highest BCUT2D eigenvalue weighted by Crippen LogP contribution is 2.29. The Kier molecular flexibility index (Phi) is 4.65. The van der Waals surface area contributed by atoms with Crippen LogP contribution in [0.25, 0.3) is 0 Å². The number of aldehydes is 1. The summed E-state index contributed by atoms with van der Waals surface area (Å²) >= 11 is 0. The maximum Gasteiger partial charge on any atom is 0.416 e. The van der Waals surface area contributed by atoms with Gasteiger partial charge in [-0.2, -0.15) is 13.2 Å². The molecule has 1 amide bonds. The first-order valence-electron chi connectivity index (χ1n) is 6.83. The van der Waals surface area contributed by atoms with E-state index in [1.807, 2.05) is 0 Å². The van der Waals surface area contributed by atoms with Crippen molar-refractivity contribution in [3.05, 3.63) is 35.4 Å². The number of halogens is 3. The number of hydrogen-bond acceptors (Lipinski definition) is 2. The van der Waals surface area contributed by atoms with Crippen molar-refractivity contribution in [2.45, 2.75) is 37.9 Å². The summed E-state index contributed by atoms with van der Waals surface area (Å²) in [5, 5.41) is 2.74. The largest absolute Gasteiger partial charge is 0.416 e. The van der Waals surface area contributed by atoms with E-state index in [1.165, 1.54) is 12.1 Å². The molecule has 1 saturated carbocycles. The summed E-state index contributed by atoms with van der Waals surface area (Å²) in [6, 6.07) is 4.30. The molecule has 0 aromatic heterocycles. The molecule has 0 saturated heterocycles. The first-order chi connectivity index (χ1) is 9.90. The molecule has 0 heterocycles. The van der Waals surface area contributed by atoms with Gasteiger partial charge in [-0.3, -0.25) is 4.79 Å². The lowest BCUT2D eigenvalue weighted by Crippen LogP contribution is -2.37. The first-order valence-corrected chi connectivity index (χ1v) is 6.83. The third-order valence-corrected chi connectivity index (χ3v) is 3.75. The molecule has 1 fully saturated rings. The van der Waals surface area contributed by atoms with Crippen LogP contribution in [-0.2, 0) is 11.0 Å². The lowest BCUT2D eigenvalue weighted by Gasteiger charge is -2.26. The van der Waals surface area contributed by atoms with Crippen molar-refractivity contribution >= 4 is 12.2 Å². The standard InChI is InChI=1S/C15H16F3NO2/c16-15(17,18)12-3-1-2-11(8-12)14(21)19-13-6-4-10(9-20)5-7-13/h1-3,8-10,13H,4-7H2,(H,19,21). The minimum atomic E-state index is -4.46. The predicted molar refractivity (Wildman–Crippen MR) is 70.7 cm³/mol. The van der Waals surface area contributed by atoms with Crippen molar-refractivity contribution in [3.63, 3.8) is 0 Å². The van der Waals surface area contributed by atoms with Crippen LogP contribution in [0.1, 0.15) is 41.6 Å². The zero-order valence-corrected chi connectivity index (χ0v) is 11.3. The fourth-order valence-corrected chi connectivity index (χ4v) is 2.51. The van der Waals surface area contributed by atoms with Gasteiger partial charge in [0, 0.05) is 17.5 Å². The van der Waals surface area contributed by atoms with E-state index in [4.69, 9.17) is 0 Å². The number of hydrogen-bond donors (Lipinski definition) is 1. The molecule has 2 rings (SSSR count). The summed E-state index contributed by atoms with van der Waals surface area (Å²) in [7, 11) is 0. The normalized spacial score (nSPS) is 22.6. The zero-order chi connectivity index (χ0) is 15.5. The molecule has 3 nitrogen and oxygen atoms in total. The van der Waals surface area contributed by atoms with Gasteiger partial charge in [-0.1, -0.05) is 6.07 Å². The number of nitrogens with one attached hydrogen (secondary N) is 1. The van der Waals surface area contributed by atoms with Crippen LogP contribution in [0.15, 0.2) is 24.3 Å². The molecule has 0 radical (unpaired) electrons. The van der Waals surface area contributed by atoms with E-state index in [9.17, 15) is 22.8 Å². The van der Waals surface area contributed by atoms with Gasteiger partial charge in [0.15, 0.2) is 0 Å². The molecule has 114 valence electrons. The average molecular weight is 299 g/mol. The molecule has 1 aromatic rings. The summed E-state index contributed by atoms with van der Waals surface area (Å²) in [5.74, 6) is -0.470. The molecule has 6 heteroatoms. The second kappa shape index (κ2) is 6.28. The monoisotopic (exact) mass is 299 g/mol. The topological polar surface area (TPSA) is 46.2 Å². The van der Waals surface area contributed by atoms with Crippen LogP contribution in [0.5, 0.6) is 0 Å². The van der Waals surface area contributed by atoms with E-state index in [1.54, 1.807) is 0 Å². The van der Waals surface area contributed by atoms with Crippen molar-refractivity contribution in [2.24, 2.45) is 5.92 Å². The second-order valence-corrected chi connectivity index (χ2v) is 5.30. The maximum absolute atomic E-state index is 12.6. The van der Waals surface area contributed by atoms with Gasteiger partial charge in [0.1, 0.15) is 6.29 Å². The second-order valence-electron chi connectivity index (χ2n) is 5.30. The van der Waals surface area contributed by atoms with E-state index >= 15 is 0 Å². The van der Waals surface area contributed by atoms with Crippen molar-refractivity contribution in [2.75, 3.05) is 0 Å². The Balaban J connectivity index is 1.99. The molecule has 1 N–H and O–H groups in total. The molecule has 0 atom stereocenters. The first kappa shape index (κ1) is 15.5. The van der Waals surface area contributed by atoms with Gasteiger partial charge in [0.2, 0.25) is 0 Å². The third-order valence-electron chi connectivity index (χ3n) is 3.75. The van der Waals surface area contributed by atoms with Crippen LogP contribution < -0.4 is 5.32 Å². The molecular weight excluding hydrogens is 283 g/mol. The minimum Gasteiger partial charge on any atom is -0.349 e. The molecule has 0 spiro atoms. The van der Waals surface area contributed by atoms with Crippen LogP contribution in [0.4, 0.5) is 13.2 Å². The molecule has 1 aliphatic rings. The van der Waals surface area contributed by atoms with E-state index in [2.05, 4.69) is 5.32 Å². The zero-order valence-electron chi connectivity index (χ0n) is 11.3. The van der Waals surface area contributed by atoms with Crippen molar-refractivity contribution in [3.8, 4) is 0 Å². The number of alkyl halides is 3. The Bertz CT molecular complexity index is 520. The van der Waals surface area contributed by atoms with E-state index in [0.29, 0.717) is 25.7 Å². The van der Waals surface area contributed by atoms with Gasteiger partial charge in [-0.05, 0) is 43.9 Å². The van der Waals surface area contributed by atoms with E-state index < -0.39 is 17.6 Å². The number of rotatable bonds is 3. The molecule has 0 unspecified atom stereocenters. The fourth-order valence-electron chi connectivity index (χ4n) is 2.51. The summed E-state index contributed by atoms with van der Waals surface area (Å²) in [6.45, 7) is 0. The molecule has 1 aromatic carbocycles. The smallest absolute Gasteiger partial charge is 0.349 e. The van der Waals surface area contributed by atoms with Crippen LogP contribution in [0.2, 0.25) is 0 Å². The summed E-state index contributed by atoms with van der Waals surface area (Å²) in [6.07, 6.45) is -0.778. The minimum absolute atomic E-state index is 0.00216. The van der Waals surface area contributed by atoms with Crippen LogP contribution in [-0.4, -0.2) is 18.2 Å². The van der Waals surface area contributed by atoms with Gasteiger partial charge in [0.25, 0.3) is 5.91 Å². The Morgan fingerprint density at radius 2 is 1.86 bits per heavy atom. The van der Waals surface area contributed by atoms with E-state index in [-0.39, 0.29) is 17.5 Å². The Hall–Kier alpha value is -1.85. The molecule has 0 aliphatic heterocycles. The maximum atomic E-state index is 12.6. The molecule has 21 heavy (non-hydrogen) atoms. The summed E-state index contributed by atoms with van der Waals surface area (Å²) in [5.41, 5.74) is -0.831. The van der Waals surface area contributed by atoms with Crippen molar-refractivity contribution in [1.82, 2.24) is 5.32 Å². The number of amides is 1. The number of carbonyl (C=O) groups excluding carboxylic acids is 2.